The molecule has 2 heterocycles. The Morgan fingerprint density at radius 3 is 2.71 bits per heavy atom. The number of esters is 1. The van der Waals surface area contributed by atoms with Gasteiger partial charge in [-0.1, -0.05) is 11.6 Å². The number of halogens is 1. The van der Waals surface area contributed by atoms with E-state index < -0.39 is 0 Å². The van der Waals surface area contributed by atoms with E-state index in [0.717, 1.165) is 19.4 Å². The van der Waals surface area contributed by atoms with Crippen molar-refractivity contribution in [3.63, 3.8) is 0 Å². The number of hydrogen-bond acceptors (Lipinski definition) is 4. The minimum atomic E-state index is -0.132. The zero-order valence-electron chi connectivity index (χ0n) is 9.53. The van der Waals surface area contributed by atoms with Crippen LogP contribution in [0.3, 0.4) is 0 Å². The van der Waals surface area contributed by atoms with Gasteiger partial charge in [-0.05, 0) is 25.5 Å². The highest BCUT2D eigenvalue weighted by atomic mass is 35.5. The smallest absolute Gasteiger partial charge is 0.322 e. The van der Waals surface area contributed by atoms with Gasteiger partial charge in [0.1, 0.15) is 6.04 Å². The number of methoxy groups -OCH3 is 1. The summed E-state index contributed by atoms with van der Waals surface area (Å²) in [4.78, 5) is 23.4. The van der Waals surface area contributed by atoms with Gasteiger partial charge in [0.2, 0.25) is 5.56 Å². The Balaban J connectivity index is 0.000000171. The predicted molar refractivity (Wildman–Crippen MR) is 65.1 cm³/mol. The lowest BCUT2D eigenvalue weighted by molar-refractivity contribution is -0.142. The molecule has 1 fully saturated rings. The van der Waals surface area contributed by atoms with E-state index in [9.17, 15) is 9.59 Å². The molecule has 1 aliphatic rings. The molecule has 0 spiro atoms. The van der Waals surface area contributed by atoms with E-state index in [1.54, 1.807) is 6.07 Å². The van der Waals surface area contributed by atoms with Crippen LogP contribution in [0.5, 0.6) is 0 Å². The normalized spacial score (nSPS) is 18.1. The van der Waals surface area contributed by atoms with Crippen molar-refractivity contribution in [2.75, 3.05) is 13.7 Å². The molecule has 2 N–H and O–H groups in total. The lowest BCUT2D eigenvalue weighted by Crippen LogP contribution is -2.31. The Labute approximate surface area is 104 Å². The second-order valence-electron chi connectivity index (χ2n) is 3.54. The van der Waals surface area contributed by atoms with Gasteiger partial charge in [-0.3, -0.25) is 9.59 Å². The second-order valence-corrected chi connectivity index (χ2v) is 3.98. The van der Waals surface area contributed by atoms with Crippen LogP contribution in [0.15, 0.2) is 23.1 Å². The van der Waals surface area contributed by atoms with Crippen LogP contribution in [-0.2, 0) is 9.53 Å². The first-order valence-corrected chi connectivity index (χ1v) is 5.66. The van der Waals surface area contributed by atoms with Gasteiger partial charge in [0.05, 0.1) is 12.1 Å². The third kappa shape index (κ3) is 5.01. The number of pyridine rings is 1. The van der Waals surface area contributed by atoms with Gasteiger partial charge in [-0.25, -0.2) is 0 Å². The number of nitrogens with one attached hydrogen (secondary N) is 2. The van der Waals surface area contributed by atoms with Gasteiger partial charge in [0, 0.05) is 12.3 Å². The Hall–Kier alpha value is -1.33. The Kier molecular flexibility index (Phi) is 5.72. The summed E-state index contributed by atoms with van der Waals surface area (Å²) in [6.07, 6.45) is 3.45. The first-order valence-electron chi connectivity index (χ1n) is 5.29. The van der Waals surface area contributed by atoms with Crippen LogP contribution in [0, 0.1) is 0 Å². The number of rotatable bonds is 1. The highest BCUT2D eigenvalue weighted by molar-refractivity contribution is 6.30. The molecule has 2 rings (SSSR count). The summed E-state index contributed by atoms with van der Waals surface area (Å²) < 4.78 is 4.53. The fraction of sp³-hybridized carbons (Fsp3) is 0.455. The number of hydrogen-bond donors (Lipinski definition) is 2. The van der Waals surface area contributed by atoms with Crippen LogP contribution in [0.1, 0.15) is 12.8 Å². The SMILES string of the molecule is COC(=O)C1CCCN1.O=c1ccc(Cl)c[nH]1. The molecule has 17 heavy (non-hydrogen) atoms. The molecule has 1 unspecified atom stereocenters. The number of aromatic nitrogens is 1. The molecule has 1 saturated heterocycles. The monoisotopic (exact) mass is 258 g/mol. The first kappa shape index (κ1) is 13.7. The number of H-pyrrole nitrogens is 1. The Morgan fingerprint density at radius 2 is 2.29 bits per heavy atom. The second kappa shape index (κ2) is 7.09. The van der Waals surface area contributed by atoms with Crippen molar-refractivity contribution >= 4 is 17.6 Å². The van der Waals surface area contributed by atoms with Crippen molar-refractivity contribution < 1.29 is 9.53 Å². The van der Waals surface area contributed by atoms with Crippen LogP contribution in [0.25, 0.3) is 0 Å². The third-order valence-electron chi connectivity index (χ3n) is 2.29. The van der Waals surface area contributed by atoms with E-state index in [0.29, 0.717) is 5.02 Å². The van der Waals surface area contributed by atoms with Crippen LogP contribution in [-0.4, -0.2) is 30.6 Å². The van der Waals surface area contributed by atoms with Crippen LogP contribution in [0.2, 0.25) is 5.02 Å². The summed E-state index contributed by atoms with van der Waals surface area (Å²) in [5.74, 6) is -0.132. The minimum absolute atomic E-state index is 0.0324. The zero-order chi connectivity index (χ0) is 12.7. The Bertz CT molecular complexity index is 393. The topological polar surface area (TPSA) is 71.2 Å². The quantitative estimate of drug-likeness (QED) is 0.736. The van der Waals surface area contributed by atoms with Crippen molar-refractivity contribution in [1.29, 1.82) is 0 Å². The van der Waals surface area contributed by atoms with Crippen molar-refractivity contribution in [3.05, 3.63) is 33.7 Å². The van der Waals surface area contributed by atoms with Gasteiger partial charge in [0.15, 0.2) is 0 Å². The van der Waals surface area contributed by atoms with E-state index in [1.165, 1.54) is 19.4 Å². The highest BCUT2D eigenvalue weighted by Gasteiger charge is 2.21. The highest BCUT2D eigenvalue weighted by Crippen LogP contribution is 2.05. The average Bonchev–Trinajstić information content (AvgIpc) is 2.86. The zero-order valence-corrected chi connectivity index (χ0v) is 10.3. The van der Waals surface area contributed by atoms with Crippen molar-refractivity contribution in [1.82, 2.24) is 10.3 Å². The summed E-state index contributed by atoms with van der Waals surface area (Å²) in [5, 5.41) is 3.58. The maximum Gasteiger partial charge on any atom is 0.322 e. The fourth-order valence-corrected chi connectivity index (χ4v) is 1.54. The predicted octanol–water partition coefficient (Wildman–Crippen LogP) is 0.940. The third-order valence-corrected chi connectivity index (χ3v) is 2.53. The molecule has 0 radical (unpaired) electrons. The molecule has 0 aromatic carbocycles. The summed E-state index contributed by atoms with van der Waals surface area (Å²) in [6, 6.07) is 2.89. The molecule has 6 heteroatoms. The molecule has 1 atom stereocenters. The van der Waals surface area contributed by atoms with Gasteiger partial charge in [-0.2, -0.15) is 0 Å². The molecular formula is C11H15ClN2O3. The number of aromatic amines is 1. The van der Waals surface area contributed by atoms with Crippen molar-refractivity contribution in [3.8, 4) is 0 Å². The number of carbonyl (C=O) groups is 1. The minimum Gasteiger partial charge on any atom is -0.468 e. The van der Waals surface area contributed by atoms with Gasteiger partial charge in [0.25, 0.3) is 0 Å². The summed E-state index contributed by atoms with van der Waals surface area (Å²) >= 11 is 5.44. The summed E-state index contributed by atoms with van der Waals surface area (Å²) in [6.45, 7) is 0.944. The molecule has 0 amide bonds. The Morgan fingerprint density at radius 1 is 1.53 bits per heavy atom. The molecule has 0 aliphatic carbocycles. The standard InChI is InChI=1S/C6H11NO2.C5H4ClNO/c1-9-6(8)5-3-2-4-7-5;6-4-1-2-5(8)7-3-4/h5,7H,2-4H2,1H3;1-3H,(H,7,8). The van der Waals surface area contributed by atoms with Gasteiger partial charge >= 0.3 is 5.97 Å². The molecule has 1 aromatic rings. The van der Waals surface area contributed by atoms with Crippen molar-refractivity contribution in [2.45, 2.75) is 18.9 Å². The molecule has 1 aromatic heterocycles. The van der Waals surface area contributed by atoms with E-state index in [4.69, 9.17) is 11.6 Å². The van der Waals surface area contributed by atoms with Crippen LogP contribution in [0.4, 0.5) is 0 Å². The van der Waals surface area contributed by atoms with E-state index in [-0.39, 0.29) is 17.6 Å². The lowest BCUT2D eigenvalue weighted by atomic mass is 10.2. The maximum atomic E-state index is 10.7. The number of carbonyl (C=O) groups excluding carboxylic acids is 1. The van der Waals surface area contributed by atoms with Gasteiger partial charge in [-0.15, -0.1) is 0 Å². The average molecular weight is 259 g/mol. The fourth-order valence-electron chi connectivity index (χ4n) is 1.42. The molecule has 0 bridgehead atoms. The maximum absolute atomic E-state index is 10.7. The van der Waals surface area contributed by atoms with Gasteiger partial charge < -0.3 is 15.0 Å². The van der Waals surface area contributed by atoms with E-state index >= 15 is 0 Å². The van der Waals surface area contributed by atoms with Crippen LogP contribution < -0.4 is 10.9 Å². The molecule has 1 aliphatic heterocycles. The molecule has 0 saturated carbocycles. The lowest BCUT2D eigenvalue weighted by Gasteiger charge is -2.04. The van der Waals surface area contributed by atoms with Crippen molar-refractivity contribution in [2.24, 2.45) is 0 Å². The van der Waals surface area contributed by atoms with E-state index in [1.807, 2.05) is 0 Å². The molecule has 94 valence electrons. The summed E-state index contributed by atoms with van der Waals surface area (Å²) in [5.41, 5.74) is -0.130. The number of ether oxygens (including phenoxy) is 1. The molecule has 5 nitrogen and oxygen atoms in total. The largest absolute Gasteiger partial charge is 0.468 e. The first-order chi connectivity index (χ1) is 8.13. The van der Waals surface area contributed by atoms with E-state index in [2.05, 4.69) is 15.0 Å². The molecular weight excluding hydrogens is 244 g/mol. The van der Waals surface area contributed by atoms with Crippen LogP contribution >= 0.6 is 11.6 Å². The summed E-state index contributed by atoms with van der Waals surface area (Å²) in [7, 11) is 1.42.